The van der Waals surface area contributed by atoms with Crippen molar-refractivity contribution in [2.75, 3.05) is 13.2 Å². The number of alkyl carbamates (subject to hydrolysis) is 1. The van der Waals surface area contributed by atoms with Crippen molar-refractivity contribution in [2.24, 2.45) is 0 Å². The van der Waals surface area contributed by atoms with Crippen LogP contribution in [-0.2, 0) is 14.3 Å². The largest absolute Gasteiger partial charge is 0.459 e. The average molecular weight is 222 g/mol. The molecule has 0 radical (unpaired) electrons. The van der Waals surface area contributed by atoms with E-state index in [-0.39, 0.29) is 13.2 Å². The Kier molecular flexibility index (Phi) is 6.57. The number of hydrogen-bond donors (Lipinski definition) is 1. The van der Waals surface area contributed by atoms with E-state index in [9.17, 15) is 9.59 Å². The molecule has 1 atom stereocenters. The SMILES string of the molecule is C=CCOC(=O)C(Cl)NC(=O)OCC. The zero-order valence-corrected chi connectivity index (χ0v) is 8.54. The van der Waals surface area contributed by atoms with Gasteiger partial charge >= 0.3 is 12.1 Å². The van der Waals surface area contributed by atoms with Gasteiger partial charge < -0.3 is 9.47 Å². The molecule has 0 aliphatic rings. The summed E-state index contributed by atoms with van der Waals surface area (Å²) in [5.74, 6) is -0.750. The Bertz CT molecular complexity index is 219. The fourth-order valence-corrected chi connectivity index (χ4v) is 0.701. The Labute approximate surface area is 87.0 Å². The van der Waals surface area contributed by atoms with E-state index in [2.05, 4.69) is 21.4 Å². The molecule has 0 bridgehead atoms. The van der Waals surface area contributed by atoms with E-state index in [0.717, 1.165) is 0 Å². The van der Waals surface area contributed by atoms with Gasteiger partial charge in [0.15, 0.2) is 0 Å². The van der Waals surface area contributed by atoms with Crippen molar-refractivity contribution in [3.63, 3.8) is 0 Å². The predicted molar refractivity (Wildman–Crippen MR) is 51.0 cm³/mol. The van der Waals surface area contributed by atoms with Gasteiger partial charge in [-0.1, -0.05) is 24.3 Å². The van der Waals surface area contributed by atoms with Crippen LogP contribution in [0.1, 0.15) is 6.92 Å². The third-order valence-corrected chi connectivity index (χ3v) is 1.36. The lowest BCUT2D eigenvalue weighted by Gasteiger charge is -2.10. The van der Waals surface area contributed by atoms with Crippen molar-refractivity contribution in [3.8, 4) is 0 Å². The number of carbonyl (C=O) groups is 2. The number of esters is 1. The van der Waals surface area contributed by atoms with E-state index >= 15 is 0 Å². The molecule has 1 N–H and O–H groups in total. The second-order valence-corrected chi connectivity index (χ2v) is 2.58. The number of rotatable bonds is 5. The highest BCUT2D eigenvalue weighted by molar-refractivity contribution is 6.30. The number of amides is 1. The second kappa shape index (κ2) is 7.20. The van der Waals surface area contributed by atoms with Gasteiger partial charge in [-0.3, -0.25) is 5.32 Å². The van der Waals surface area contributed by atoms with Crippen LogP contribution in [0.5, 0.6) is 0 Å². The maximum Gasteiger partial charge on any atom is 0.408 e. The number of halogens is 1. The van der Waals surface area contributed by atoms with Gasteiger partial charge in [0.2, 0.25) is 5.50 Å². The molecule has 0 aromatic heterocycles. The van der Waals surface area contributed by atoms with E-state index in [1.54, 1.807) is 6.92 Å². The molecule has 1 amide bonds. The molecule has 1 unspecified atom stereocenters. The molecular formula is C8H12ClNO4. The number of alkyl halides is 1. The standard InChI is InChI=1S/C8H12ClNO4/c1-3-5-14-7(11)6(9)10-8(12)13-4-2/h3,6H,1,4-5H2,2H3,(H,10,12). The van der Waals surface area contributed by atoms with Crippen LogP contribution in [0.25, 0.3) is 0 Å². The second-order valence-electron chi connectivity index (χ2n) is 2.15. The Morgan fingerprint density at radius 3 is 2.71 bits per heavy atom. The van der Waals surface area contributed by atoms with Gasteiger partial charge in [-0.25, -0.2) is 9.59 Å². The molecule has 5 nitrogen and oxygen atoms in total. The summed E-state index contributed by atoms with van der Waals surface area (Å²) in [4.78, 5) is 21.8. The van der Waals surface area contributed by atoms with Crippen LogP contribution in [0.4, 0.5) is 4.79 Å². The van der Waals surface area contributed by atoms with Crippen LogP contribution in [0, 0.1) is 0 Å². The van der Waals surface area contributed by atoms with Gasteiger partial charge in [-0.2, -0.15) is 0 Å². The highest BCUT2D eigenvalue weighted by atomic mass is 35.5. The molecule has 0 rings (SSSR count). The average Bonchev–Trinajstić information content (AvgIpc) is 2.14. The summed E-state index contributed by atoms with van der Waals surface area (Å²) in [7, 11) is 0. The van der Waals surface area contributed by atoms with Crippen molar-refractivity contribution >= 4 is 23.7 Å². The van der Waals surface area contributed by atoms with Gasteiger partial charge in [-0.15, -0.1) is 0 Å². The van der Waals surface area contributed by atoms with Gasteiger partial charge in [-0.05, 0) is 6.92 Å². The normalized spacial score (nSPS) is 11.3. The number of carbonyl (C=O) groups excluding carboxylic acids is 2. The van der Waals surface area contributed by atoms with E-state index in [1.165, 1.54) is 6.08 Å². The molecule has 6 heteroatoms. The van der Waals surface area contributed by atoms with Crippen molar-refractivity contribution in [1.82, 2.24) is 5.32 Å². The first kappa shape index (κ1) is 12.8. The maximum atomic E-state index is 11.0. The Hall–Kier alpha value is -1.23. The van der Waals surface area contributed by atoms with Gasteiger partial charge in [0.05, 0.1) is 6.61 Å². The Morgan fingerprint density at radius 1 is 1.57 bits per heavy atom. The van der Waals surface area contributed by atoms with Gasteiger partial charge in [0, 0.05) is 0 Å². The van der Waals surface area contributed by atoms with E-state index < -0.39 is 17.6 Å². The lowest BCUT2D eigenvalue weighted by atomic mass is 10.6. The monoisotopic (exact) mass is 221 g/mol. The molecule has 0 fully saturated rings. The summed E-state index contributed by atoms with van der Waals surface area (Å²) in [5, 5.41) is 2.08. The molecule has 0 saturated carbocycles. The lowest BCUT2D eigenvalue weighted by molar-refractivity contribution is -0.142. The van der Waals surface area contributed by atoms with Crippen LogP contribution in [0.2, 0.25) is 0 Å². The highest BCUT2D eigenvalue weighted by Gasteiger charge is 2.19. The molecule has 0 aliphatic carbocycles. The van der Waals surface area contributed by atoms with E-state index in [1.807, 2.05) is 0 Å². The topological polar surface area (TPSA) is 64.6 Å². The summed E-state index contributed by atoms with van der Waals surface area (Å²) >= 11 is 5.48. The lowest BCUT2D eigenvalue weighted by Crippen LogP contribution is -2.38. The van der Waals surface area contributed by atoms with Crippen molar-refractivity contribution in [3.05, 3.63) is 12.7 Å². The molecule has 0 aromatic carbocycles. The quantitative estimate of drug-likeness (QED) is 0.326. The number of nitrogens with one attached hydrogen (secondary N) is 1. The smallest absolute Gasteiger partial charge is 0.408 e. The minimum atomic E-state index is -1.24. The minimum absolute atomic E-state index is 0.0482. The van der Waals surface area contributed by atoms with Crippen LogP contribution in [-0.4, -0.2) is 30.8 Å². The molecule has 0 aromatic rings. The molecule has 0 saturated heterocycles. The fraction of sp³-hybridized carbons (Fsp3) is 0.500. The fourth-order valence-electron chi connectivity index (χ4n) is 0.549. The van der Waals surface area contributed by atoms with Crippen LogP contribution >= 0.6 is 11.6 Å². The molecule has 14 heavy (non-hydrogen) atoms. The first-order valence-electron chi connectivity index (χ1n) is 3.96. The zero-order valence-electron chi connectivity index (χ0n) is 7.79. The molecule has 80 valence electrons. The van der Waals surface area contributed by atoms with Crippen LogP contribution < -0.4 is 5.32 Å². The van der Waals surface area contributed by atoms with Crippen LogP contribution in [0.15, 0.2) is 12.7 Å². The third kappa shape index (κ3) is 5.42. The number of ether oxygens (including phenoxy) is 2. The summed E-state index contributed by atoms with van der Waals surface area (Å²) in [5.41, 5.74) is -1.24. The molecule has 0 aliphatic heterocycles. The van der Waals surface area contributed by atoms with Crippen molar-refractivity contribution in [1.29, 1.82) is 0 Å². The summed E-state index contributed by atoms with van der Waals surface area (Å²) in [6.07, 6.45) is 0.634. The summed E-state index contributed by atoms with van der Waals surface area (Å²) in [6.45, 7) is 5.24. The van der Waals surface area contributed by atoms with Gasteiger partial charge in [0.1, 0.15) is 6.61 Å². The zero-order chi connectivity index (χ0) is 11.0. The molecule has 0 spiro atoms. The molecular weight excluding hydrogens is 210 g/mol. The molecule has 0 heterocycles. The summed E-state index contributed by atoms with van der Waals surface area (Å²) < 4.78 is 9.08. The third-order valence-electron chi connectivity index (χ3n) is 1.07. The maximum absolute atomic E-state index is 11.0. The Morgan fingerprint density at radius 2 is 2.21 bits per heavy atom. The van der Waals surface area contributed by atoms with Crippen molar-refractivity contribution in [2.45, 2.75) is 12.4 Å². The minimum Gasteiger partial charge on any atom is -0.459 e. The van der Waals surface area contributed by atoms with Crippen LogP contribution in [0.3, 0.4) is 0 Å². The van der Waals surface area contributed by atoms with Gasteiger partial charge in [0.25, 0.3) is 0 Å². The Balaban J connectivity index is 3.82. The predicted octanol–water partition coefficient (Wildman–Crippen LogP) is 1.03. The first-order valence-corrected chi connectivity index (χ1v) is 4.40. The van der Waals surface area contributed by atoms with E-state index in [4.69, 9.17) is 11.6 Å². The highest BCUT2D eigenvalue weighted by Crippen LogP contribution is 1.96. The first-order chi connectivity index (χ1) is 6.61. The number of hydrogen-bond acceptors (Lipinski definition) is 4. The van der Waals surface area contributed by atoms with Crippen molar-refractivity contribution < 1.29 is 19.1 Å². The summed E-state index contributed by atoms with van der Waals surface area (Å²) in [6, 6.07) is 0. The van der Waals surface area contributed by atoms with E-state index in [0.29, 0.717) is 0 Å².